The molecule has 5 rings (SSSR count). The molecule has 7 N–H and O–H groups in total. The van der Waals surface area contributed by atoms with Crippen molar-refractivity contribution in [3.05, 3.63) is 113 Å². The van der Waals surface area contributed by atoms with E-state index in [9.17, 15) is 54.9 Å². The first-order chi connectivity index (χ1) is 23.8. The van der Waals surface area contributed by atoms with Crippen LogP contribution < -0.4 is 4.74 Å². The lowest BCUT2D eigenvalue weighted by Gasteiger charge is -2.22. The second kappa shape index (κ2) is 14.6. The molecular formula is C36H30O14. The van der Waals surface area contributed by atoms with Gasteiger partial charge >= 0.3 is 23.9 Å². The van der Waals surface area contributed by atoms with Crippen LogP contribution in [-0.4, -0.2) is 71.8 Å². The Labute approximate surface area is 283 Å². The molecule has 4 aromatic carbocycles. The van der Waals surface area contributed by atoms with Crippen molar-refractivity contribution in [3.63, 3.8) is 0 Å². The van der Waals surface area contributed by atoms with E-state index in [0.717, 1.165) is 18.2 Å². The van der Waals surface area contributed by atoms with E-state index in [1.165, 1.54) is 72.8 Å². The maximum atomic E-state index is 13.9. The van der Waals surface area contributed by atoms with Gasteiger partial charge in [0.1, 0.15) is 23.5 Å². The summed E-state index contributed by atoms with van der Waals surface area (Å²) >= 11 is 0. The normalized spacial score (nSPS) is 16.2. The number of carbonyl (C=O) groups excluding carboxylic acids is 2. The van der Waals surface area contributed by atoms with Crippen molar-refractivity contribution < 1.29 is 69.1 Å². The lowest BCUT2D eigenvalue weighted by molar-refractivity contribution is -0.166. The topological polar surface area (TPSA) is 238 Å². The van der Waals surface area contributed by atoms with Crippen LogP contribution in [0.25, 0.3) is 6.08 Å². The molecule has 1 aliphatic rings. The summed E-state index contributed by atoms with van der Waals surface area (Å²) in [6, 6.07) is 17.5. The molecule has 14 heteroatoms. The van der Waals surface area contributed by atoms with Crippen LogP contribution >= 0.6 is 0 Å². The highest BCUT2D eigenvalue weighted by Gasteiger charge is 2.45. The van der Waals surface area contributed by atoms with E-state index < -0.39 is 71.8 Å². The average molecular weight is 687 g/mol. The van der Waals surface area contributed by atoms with Crippen molar-refractivity contribution in [3.8, 4) is 34.5 Å². The van der Waals surface area contributed by atoms with Crippen molar-refractivity contribution in [1.29, 1.82) is 0 Å². The summed E-state index contributed by atoms with van der Waals surface area (Å²) in [6.07, 6.45) is -3.14. The standard InChI is InChI=1S/C36H30O14/c37-22-9-4-18(5-10-22)15-27(34(43)44)48-29(42)13-8-20-7-12-25(40)33-30(20)31(32(50-33)21-2-1-3-23(38)17-21)36(47)49-28(35(45)46)16-19-6-11-24(39)26(41)14-19/h1-14,17,27-28,31-32,37-41H,15-16H2,(H,43,44)(H,45,46)/b13-8+/t27-,28-,31+,32-/m1/s1. The second-order valence-corrected chi connectivity index (χ2v) is 11.3. The minimum absolute atomic E-state index is 0.00214. The van der Waals surface area contributed by atoms with E-state index in [2.05, 4.69) is 0 Å². The zero-order valence-corrected chi connectivity index (χ0v) is 25.9. The van der Waals surface area contributed by atoms with Crippen LogP contribution in [0.4, 0.5) is 0 Å². The van der Waals surface area contributed by atoms with E-state index >= 15 is 0 Å². The quantitative estimate of drug-likeness (QED) is 0.0635. The first kappa shape index (κ1) is 34.6. The number of benzene rings is 4. The number of ether oxygens (including phenoxy) is 3. The number of aromatic hydroxyl groups is 5. The van der Waals surface area contributed by atoms with Gasteiger partial charge < -0.3 is 50.0 Å². The molecule has 0 amide bonds. The maximum absolute atomic E-state index is 13.9. The van der Waals surface area contributed by atoms with Gasteiger partial charge in [0.25, 0.3) is 0 Å². The molecule has 0 spiro atoms. The predicted molar refractivity (Wildman–Crippen MR) is 172 cm³/mol. The zero-order valence-electron chi connectivity index (χ0n) is 25.9. The van der Waals surface area contributed by atoms with Crippen molar-refractivity contribution in [2.75, 3.05) is 0 Å². The predicted octanol–water partition coefficient (Wildman–Crippen LogP) is 3.92. The number of carbonyl (C=O) groups is 4. The number of phenolic OH excluding ortho intramolecular Hbond substituents is 5. The number of rotatable bonds is 12. The molecule has 258 valence electrons. The monoisotopic (exact) mass is 686 g/mol. The van der Waals surface area contributed by atoms with Gasteiger partial charge in [0.05, 0.1) is 0 Å². The molecule has 0 unspecified atom stereocenters. The van der Waals surface area contributed by atoms with Crippen LogP contribution in [0.5, 0.6) is 34.5 Å². The summed E-state index contributed by atoms with van der Waals surface area (Å²) in [6.45, 7) is 0. The Hall–Kier alpha value is -6.70. The molecule has 0 aliphatic carbocycles. The van der Waals surface area contributed by atoms with Crippen LogP contribution in [-0.2, 0) is 41.5 Å². The van der Waals surface area contributed by atoms with Gasteiger partial charge in [-0.15, -0.1) is 0 Å². The lowest BCUT2D eigenvalue weighted by Crippen LogP contribution is -2.32. The molecular weight excluding hydrogens is 656 g/mol. The molecule has 14 nitrogen and oxygen atoms in total. The number of carboxylic acid groups (broad SMARTS) is 2. The summed E-state index contributed by atoms with van der Waals surface area (Å²) in [7, 11) is 0. The van der Waals surface area contributed by atoms with Gasteiger partial charge in [0.15, 0.2) is 23.0 Å². The Morgan fingerprint density at radius 1 is 0.700 bits per heavy atom. The van der Waals surface area contributed by atoms with Gasteiger partial charge in [-0.1, -0.05) is 36.4 Å². The number of aliphatic carboxylic acids is 2. The molecule has 0 saturated carbocycles. The summed E-state index contributed by atoms with van der Waals surface area (Å²) in [5.74, 6) is -8.37. The van der Waals surface area contributed by atoms with Gasteiger partial charge in [0, 0.05) is 24.5 Å². The Bertz CT molecular complexity index is 1970. The van der Waals surface area contributed by atoms with Crippen LogP contribution in [0.1, 0.15) is 39.8 Å². The van der Waals surface area contributed by atoms with E-state index in [4.69, 9.17) is 14.2 Å². The smallest absolute Gasteiger partial charge is 0.345 e. The SMILES string of the molecule is O=C(/C=C/c1ccc(O)c2c1[C@H](C(=O)O[C@H](Cc1ccc(O)c(O)c1)C(=O)O)[C@@H](c1cccc(O)c1)O2)O[C@H](Cc1ccc(O)cc1)C(=O)O. The third kappa shape index (κ3) is 7.87. The molecule has 0 fully saturated rings. The summed E-state index contributed by atoms with van der Waals surface area (Å²) in [4.78, 5) is 50.8. The molecule has 0 bridgehead atoms. The number of phenols is 5. The second-order valence-electron chi connectivity index (χ2n) is 11.3. The van der Waals surface area contributed by atoms with Crippen molar-refractivity contribution in [2.24, 2.45) is 0 Å². The van der Waals surface area contributed by atoms with Crippen LogP contribution in [0.2, 0.25) is 0 Å². The van der Waals surface area contributed by atoms with Gasteiger partial charge in [0.2, 0.25) is 12.2 Å². The summed E-state index contributed by atoms with van der Waals surface area (Å²) in [5.41, 5.74) is 1.07. The summed E-state index contributed by atoms with van der Waals surface area (Å²) in [5, 5.41) is 69.4. The zero-order chi connectivity index (χ0) is 36.1. The molecule has 0 saturated heterocycles. The van der Waals surface area contributed by atoms with Gasteiger partial charge in [-0.05, 0) is 70.8 Å². The van der Waals surface area contributed by atoms with E-state index in [-0.39, 0.29) is 45.9 Å². The number of hydrogen-bond donors (Lipinski definition) is 7. The van der Waals surface area contributed by atoms with E-state index in [1.807, 2.05) is 0 Å². The number of hydrogen-bond acceptors (Lipinski definition) is 12. The Morgan fingerprint density at radius 3 is 2.00 bits per heavy atom. The van der Waals surface area contributed by atoms with E-state index in [0.29, 0.717) is 5.56 Å². The largest absolute Gasteiger partial charge is 0.508 e. The Balaban J connectivity index is 1.46. The fourth-order valence-electron chi connectivity index (χ4n) is 5.41. The van der Waals surface area contributed by atoms with Gasteiger partial charge in [-0.2, -0.15) is 0 Å². The molecule has 4 atom stereocenters. The minimum atomic E-state index is -1.78. The van der Waals surface area contributed by atoms with Crippen molar-refractivity contribution >= 4 is 30.0 Å². The highest BCUT2D eigenvalue weighted by Crippen LogP contribution is 2.52. The molecule has 0 aromatic heterocycles. The fourth-order valence-corrected chi connectivity index (χ4v) is 5.41. The molecule has 50 heavy (non-hydrogen) atoms. The van der Waals surface area contributed by atoms with Gasteiger partial charge in [-0.25, -0.2) is 14.4 Å². The van der Waals surface area contributed by atoms with Crippen LogP contribution in [0.3, 0.4) is 0 Å². The number of carboxylic acids is 2. The third-order valence-electron chi connectivity index (χ3n) is 7.81. The molecule has 4 aromatic rings. The van der Waals surface area contributed by atoms with Crippen molar-refractivity contribution in [1.82, 2.24) is 0 Å². The Kier molecular flexibility index (Phi) is 10.1. The minimum Gasteiger partial charge on any atom is -0.508 e. The summed E-state index contributed by atoms with van der Waals surface area (Å²) < 4.78 is 16.6. The average Bonchev–Trinajstić information content (AvgIpc) is 3.48. The Morgan fingerprint density at radius 2 is 1.34 bits per heavy atom. The molecule has 1 heterocycles. The number of esters is 2. The van der Waals surface area contributed by atoms with Crippen LogP contribution in [0.15, 0.2) is 84.9 Å². The van der Waals surface area contributed by atoms with Crippen molar-refractivity contribution in [2.45, 2.75) is 37.1 Å². The molecule has 1 aliphatic heterocycles. The fraction of sp³-hybridized carbons (Fsp3) is 0.167. The van der Waals surface area contributed by atoms with Crippen LogP contribution in [0, 0.1) is 0 Å². The van der Waals surface area contributed by atoms with Gasteiger partial charge in [-0.3, -0.25) is 4.79 Å². The maximum Gasteiger partial charge on any atom is 0.345 e. The first-order valence-electron chi connectivity index (χ1n) is 15.0. The molecule has 0 radical (unpaired) electrons. The highest BCUT2D eigenvalue weighted by atomic mass is 16.6. The lowest BCUT2D eigenvalue weighted by atomic mass is 9.87. The first-order valence-corrected chi connectivity index (χ1v) is 15.0. The van der Waals surface area contributed by atoms with E-state index in [1.54, 1.807) is 0 Å². The highest BCUT2D eigenvalue weighted by molar-refractivity contribution is 5.92. The number of fused-ring (bicyclic) bond motifs is 1. The third-order valence-corrected chi connectivity index (χ3v) is 7.81.